The molecule has 1 aliphatic rings. The molecule has 1 aliphatic heterocycles. The second-order valence-electron chi connectivity index (χ2n) is 6.81. The highest BCUT2D eigenvalue weighted by atomic mass is 16.6. The van der Waals surface area contributed by atoms with Gasteiger partial charge >= 0.3 is 17.9 Å². The topological polar surface area (TPSA) is 78.9 Å². The first-order chi connectivity index (χ1) is 12.3. The molecular formula is C20H20O6. The molecule has 1 heterocycles. The molecule has 0 saturated carbocycles. The first-order valence-electron chi connectivity index (χ1n) is 8.22. The van der Waals surface area contributed by atoms with Gasteiger partial charge in [-0.2, -0.15) is 0 Å². The second kappa shape index (κ2) is 6.44. The summed E-state index contributed by atoms with van der Waals surface area (Å²) in [6, 6.07) is 11.1. The quantitative estimate of drug-likeness (QED) is 0.478. The summed E-state index contributed by atoms with van der Waals surface area (Å²) >= 11 is 0. The minimum atomic E-state index is -1.26. The van der Waals surface area contributed by atoms with Crippen molar-refractivity contribution in [3.63, 3.8) is 0 Å². The van der Waals surface area contributed by atoms with Crippen molar-refractivity contribution in [1.29, 1.82) is 0 Å². The Kier molecular flexibility index (Phi) is 4.44. The molecule has 0 bridgehead atoms. The number of benzene rings is 2. The Morgan fingerprint density at radius 1 is 1.04 bits per heavy atom. The number of rotatable bonds is 3. The van der Waals surface area contributed by atoms with Gasteiger partial charge in [0.15, 0.2) is 5.92 Å². The van der Waals surface area contributed by atoms with Crippen LogP contribution in [0.5, 0.6) is 5.75 Å². The van der Waals surface area contributed by atoms with Crippen molar-refractivity contribution in [2.24, 2.45) is 11.3 Å². The molecule has 0 spiro atoms. The lowest BCUT2D eigenvalue weighted by Crippen LogP contribution is -2.46. The van der Waals surface area contributed by atoms with Gasteiger partial charge in [0.05, 0.1) is 19.6 Å². The molecule has 2 atom stereocenters. The number of methoxy groups -OCH3 is 2. The summed E-state index contributed by atoms with van der Waals surface area (Å²) in [5.41, 5.74) is -0.528. The van der Waals surface area contributed by atoms with Crippen LogP contribution in [0.15, 0.2) is 36.4 Å². The van der Waals surface area contributed by atoms with Crippen LogP contribution in [0.3, 0.4) is 0 Å². The third kappa shape index (κ3) is 2.62. The van der Waals surface area contributed by atoms with Crippen molar-refractivity contribution in [3.05, 3.63) is 42.0 Å². The molecule has 2 aromatic carbocycles. The zero-order chi connectivity index (χ0) is 19.1. The monoisotopic (exact) mass is 356 g/mol. The van der Waals surface area contributed by atoms with Crippen LogP contribution in [0, 0.1) is 11.3 Å². The predicted octanol–water partition coefficient (Wildman–Crippen LogP) is 2.83. The fraction of sp³-hybridized carbons (Fsp3) is 0.350. The highest BCUT2D eigenvalue weighted by molar-refractivity contribution is 6.02. The maximum atomic E-state index is 12.6. The van der Waals surface area contributed by atoms with Crippen molar-refractivity contribution in [3.8, 4) is 5.75 Å². The Bertz CT molecular complexity index is 898. The molecule has 0 radical (unpaired) electrons. The maximum Gasteiger partial charge on any atom is 0.326 e. The van der Waals surface area contributed by atoms with Crippen LogP contribution in [0.4, 0.5) is 0 Å². The van der Waals surface area contributed by atoms with E-state index >= 15 is 0 Å². The number of fused-ring (bicyclic) bond motifs is 3. The van der Waals surface area contributed by atoms with Crippen LogP contribution in [-0.2, 0) is 23.9 Å². The van der Waals surface area contributed by atoms with E-state index in [0.717, 1.165) is 10.8 Å². The van der Waals surface area contributed by atoms with Crippen molar-refractivity contribution >= 4 is 28.7 Å². The van der Waals surface area contributed by atoms with Crippen molar-refractivity contribution < 1.29 is 28.6 Å². The molecule has 2 aromatic rings. The van der Waals surface area contributed by atoms with E-state index in [-0.39, 0.29) is 0 Å². The van der Waals surface area contributed by atoms with Gasteiger partial charge in [-0.15, -0.1) is 0 Å². The fourth-order valence-electron chi connectivity index (χ4n) is 3.69. The van der Waals surface area contributed by atoms with Crippen LogP contribution in [0.1, 0.15) is 25.3 Å². The summed E-state index contributed by atoms with van der Waals surface area (Å²) in [6.45, 7) is 3.31. The molecule has 0 unspecified atom stereocenters. The lowest BCUT2D eigenvalue weighted by molar-refractivity contribution is -0.163. The lowest BCUT2D eigenvalue weighted by Gasteiger charge is -2.39. The number of carbonyl (C=O) groups excluding carboxylic acids is 3. The third-order valence-electron chi connectivity index (χ3n) is 4.98. The van der Waals surface area contributed by atoms with Gasteiger partial charge in [0.1, 0.15) is 5.75 Å². The zero-order valence-corrected chi connectivity index (χ0v) is 15.1. The highest BCUT2D eigenvalue weighted by Gasteiger charge is 2.54. The summed E-state index contributed by atoms with van der Waals surface area (Å²) in [5.74, 6) is -3.70. The van der Waals surface area contributed by atoms with Gasteiger partial charge < -0.3 is 14.2 Å². The molecular weight excluding hydrogens is 336 g/mol. The summed E-state index contributed by atoms with van der Waals surface area (Å²) in [5, 5.41) is 1.73. The highest BCUT2D eigenvalue weighted by Crippen LogP contribution is 2.51. The third-order valence-corrected chi connectivity index (χ3v) is 4.98. The average molecular weight is 356 g/mol. The van der Waals surface area contributed by atoms with Crippen LogP contribution in [0.25, 0.3) is 10.8 Å². The van der Waals surface area contributed by atoms with Gasteiger partial charge in [-0.05, 0) is 30.7 Å². The van der Waals surface area contributed by atoms with Crippen molar-refractivity contribution in [2.75, 3.05) is 14.2 Å². The molecule has 0 saturated heterocycles. The van der Waals surface area contributed by atoms with E-state index < -0.39 is 35.2 Å². The van der Waals surface area contributed by atoms with Crippen molar-refractivity contribution in [1.82, 2.24) is 0 Å². The van der Waals surface area contributed by atoms with Gasteiger partial charge in [0, 0.05) is 11.5 Å². The average Bonchev–Trinajstić information content (AvgIpc) is 2.65. The first kappa shape index (κ1) is 17.9. The molecule has 136 valence electrons. The molecule has 6 heteroatoms. The number of hydrogen-bond acceptors (Lipinski definition) is 6. The zero-order valence-electron chi connectivity index (χ0n) is 15.1. The van der Waals surface area contributed by atoms with E-state index in [0.29, 0.717) is 11.3 Å². The molecule has 0 aliphatic carbocycles. The standard InChI is InChI=1S/C20H20O6/c1-20(2,19(23)25-4)16-14-12-8-6-5-7-11(12)9-10-13(14)26-18(22)15(16)17(21)24-3/h5-10,15-16H,1-4H3/t15-,16-/m0/s1. The van der Waals surface area contributed by atoms with E-state index in [9.17, 15) is 14.4 Å². The van der Waals surface area contributed by atoms with E-state index in [4.69, 9.17) is 14.2 Å². The summed E-state index contributed by atoms with van der Waals surface area (Å²) < 4.78 is 15.2. The Morgan fingerprint density at radius 3 is 2.38 bits per heavy atom. The number of carbonyl (C=O) groups is 3. The van der Waals surface area contributed by atoms with Gasteiger partial charge in [0.25, 0.3) is 0 Å². The number of esters is 3. The van der Waals surface area contributed by atoms with Gasteiger partial charge in [-0.1, -0.05) is 30.3 Å². The Morgan fingerprint density at radius 2 is 1.73 bits per heavy atom. The lowest BCUT2D eigenvalue weighted by atomic mass is 9.66. The van der Waals surface area contributed by atoms with E-state index in [1.807, 2.05) is 30.3 Å². The van der Waals surface area contributed by atoms with Crippen LogP contribution < -0.4 is 4.74 Å². The van der Waals surface area contributed by atoms with E-state index in [2.05, 4.69) is 0 Å². The first-order valence-corrected chi connectivity index (χ1v) is 8.22. The van der Waals surface area contributed by atoms with E-state index in [1.54, 1.807) is 19.9 Å². The Balaban J connectivity index is 2.35. The predicted molar refractivity (Wildman–Crippen MR) is 93.6 cm³/mol. The van der Waals surface area contributed by atoms with E-state index in [1.165, 1.54) is 14.2 Å². The van der Waals surface area contributed by atoms with Gasteiger partial charge in [-0.25, -0.2) is 0 Å². The van der Waals surface area contributed by atoms with Gasteiger partial charge in [0.2, 0.25) is 0 Å². The van der Waals surface area contributed by atoms with Crippen LogP contribution >= 0.6 is 0 Å². The molecule has 0 fully saturated rings. The van der Waals surface area contributed by atoms with Crippen LogP contribution in [-0.4, -0.2) is 32.1 Å². The minimum absolute atomic E-state index is 0.343. The summed E-state index contributed by atoms with van der Waals surface area (Å²) in [6.07, 6.45) is 0. The molecule has 0 aromatic heterocycles. The normalized spacial score (nSPS) is 19.5. The van der Waals surface area contributed by atoms with Crippen molar-refractivity contribution in [2.45, 2.75) is 19.8 Å². The van der Waals surface area contributed by atoms with Gasteiger partial charge in [-0.3, -0.25) is 14.4 Å². The maximum absolute atomic E-state index is 12.6. The second-order valence-corrected chi connectivity index (χ2v) is 6.81. The number of ether oxygens (including phenoxy) is 3. The fourth-order valence-corrected chi connectivity index (χ4v) is 3.69. The Labute approximate surface area is 151 Å². The molecule has 6 nitrogen and oxygen atoms in total. The molecule has 26 heavy (non-hydrogen) atoms. The molecule has 3 rings (SSSR count). The summed E-state index contributed by atoms with van der Waals surface area (Å²) in [7, 11) is 2.48. The Hall–Kier alpha value is -2.89. The minimum Gasteiger partial charge on any atom is -0.469 e. The molecule has 0 amide bonds. The largest absolute Gasteiger partial charge is 0.469 e. The smallest absolute Gasteiger partial charge is 0.326 e. The number of hydrogen-bond donors (Lipinski definition) is 0. The SMILES string of the molecule is COC(=O)[C@H]1C(=O)Oc2ccc3ccccc3c2[C@@H]1C(C)(C)C(=O)OC. The molecule has 0 N–H and O–H groups in total. The van der Waals surface area contributed by atoms with Crippen LogP contribution in [0.2, 0.25) is 0 Å². The summed E-state index contributed by atoms with van der Waals surface area (Å²) in [4.78, 5) is 37.5.